The van der Waals surface area contributed by atoms with Gasteiger partial charge in [-0.15, -0.1) is 0 Å². The van der Waals surface area contributed by atoms with Crippen molar-refractivity contribution in [1.29, 1.82) is 0 Å². The molecule has 7 nitrogen and oxygen atoms in total. The van der Waals surface area contributed by atoms with E-state index in [2.05, 4.69) is 5.32 Å². The number of alkyl halides is 3. The van der Waals surface area contributed by atoms with Crippen molar-refractivity contribution in [3.05, 3.63) is 57.0 Å². The molecule has 0 radical (unpaired) electrons. The second-order valence-electron chi connectivity index (χ2n) is 5.34. The Bertz CT molecular complexity index is 867. The summed E-state index contributed by atoms with van der Waals surface area (Å²) in [5.41, 5.74) is -1.37. The number of carbonyl (C=O) groups is 2. The van der Waals surface area contributed by atoms with Crippen LogP contribution >= 0.6 is 11.3 Å². The molecule has 0 aliphatic heterocycles. The molecule has 0 saturated carbocycles. The summed E-state index contributed by atoms with van der Waals surface area (Å²) in [7, 11) is 0. The first kappa shape index (κ1) is 20.4. The first-order valence-corrected chi connectivity index (χ1v) is 8.49. The monoisotopic (exact) mass is 401 g/mol. The number of nitro groups is 1. The third kappa shape index (κ3) is 5.03. The van der Waals surface area contributed by atoms with Gasteiger partial charge in [0.1, 0.15) is 6.54 Å². The predicted octanol–water partition coefficient (Wildman–Crippen LogP) is 3.78. The van der Waals surface area contributed by atoms with E-state index < -0.39 is 40.7 Å². The smallest absolute Gasteiger partial charge is 0.330 e. The molecule has 1 aromatic heterocycles. The number of benzene rings is 1. The van der Waals surface area contributed by atoms with Gasteiger partial charge >= 0.3 is 11.2 Å². The molecule has 0 atom stereocenters. The number of likely N-dealkylation sites (N-methyl/N-ethyl adjacent to an activating group) is 1. The van der Waals surface area contributed by atoms with Crippen LogP contribution < -0.4 is 5.32 Å². The van der Waals surface area contributed by atoms with E-state index in [9.17, 15) is 32.9 Å². The van der Waals surface area contributed by atoms with Crippen molar-refractivity contribution in [2.24, 2.45) is 0 Å². The molecule has 0 aliphatic rings. The van der Waals surface area contributed by atoms with Gasteiger partial charge in [0.05, 0.1) is 21.7 Å². The Balaban J connectivity index is 2.11. The molecule has 1 heterocycles. The molecule has 0 fully saturated rings. The molecule has 2 aromatic rings. The quantitative estimate of drug-likeness (QED) is 0.589. The minimum absolute atomic E-state index is 0.0389. The summed E-state index contributed by atoms with van der Waals surface area (Å²) >= 11 is 0.768. The van der Waals surface area contributed by atoms with Crippen LogP contribution in [-0.2, 0) is 11.0 Å². The molecule has 0 bridgehead atoms. The van der Waals surface area contributed by atoms with E-state index >= 15 is 0 Å². The maximum Gasteiger partial charge on any atom is 0.418 e. The van der Waals surface area contributed by atoms with Crippen molar-refractivity contribution in [1.82, 2.24) is 4.90 Å². The number of nitrogens with zero attached hydrogens (tertiary/aromatic N) is 2. The van der Waals surface area contributed by atoms with Crippen LogP contribution in [0.1, 0.15) is 22.8 Å². The Kier molecular flexibility index (Phi) is 6.16. The highest BCUT2D eigenvalue weighted by Gasteiger charge is 2.33. The fourth-order valence-corrected chi connectivity index (χ4v) is 2.94. The number of carbonyl (C=O) groups excluding carboxylic acids is 2. The van der Waals surface area contributed by atoms with E-state index in [0.717, 1.165) is 34.4 Å². The van der Waals surface area contributed by atoms with E-state index in [4.69, 9.17) is 0 Å². The summed E-state index contributed by atoms with van der Waals surface area (Å²) in [4.78, 5) is 35.7. The number of para-hydroxylation sites is 1. The van der Waals surface area contributed by atoms with Crippen molar-refractivity contribution >= 4 is 33.8 Å². The lowest BCUT2D eigenvalue weighted by Crippen LogP contribution is -2.38. The van der Waals surface area contributed by atoms with E-state index in [1.807, 2.05) is 0 Å². The molecule has 2 amide bonds. The van der Waals surface area contributed by atoms with Gasteiger partial charge in [-0.1, -0.05) is 23.5 Å². The van der Waals surface area contributed by atoms with Crippen LogP contribution in [0.5, 0.6) is 0 Å². The third-order valence-corrected chi connectivity index (χ3v) is 4.40. The zero-order chi connectivity index (χ0) is 20.2. The van der Waals surface area contributed by atoms with Crippen LogP contribution in [0.4, 0.5) is 23.9 Å². The topological polar surface area (TPSA) is 92.6 Å². The molecule has 1 aromatic carbocycles. The van der Waals surface area contributed by atoms with Gasteiger partial charge in [-0.2, -0.15) is 13.2 Å². The Labute approximate surface area is 155 Å². The lowest BCUT2D eigenvalue weighted by molar-refractivity contribution is -0.380. The second-order valence-corrected chi connectivity index (χ2v) is 6.23. The largest absolute Gasteiger partial charge is 0.418 e. The number of halogens is 3. The summed E-state index contributed by atoms with van der Waals surface area (Å²) in [6, 6.07) is 5.58. The van der Waals surface area contributed by atoms with Gasteiger partial charge in [0.2, 0.25) is 5.91 Å². The molecule has 0 spiro atoms. The van der Waals surface area contributed by atoms with Crippen LogP contribution in [0.2, 0.25) is 0 Å². The number of thiophene rings is 1. The first-order chi connectivity index (χ1) is 12.6. The van der Waals surface area contributed by atoms with Crippen LogP contribution in [-0.4, -0.2) is 34.7 Å². The number of hydrogen-bond acceptors (Lipinski definition) is 5. The fraction of sp³-hybridized carbons (Fsp3) is 0.250. The number of hydrogen-bond donors (Lipinski definition) is 1. The summed E-state index contributed by atoms with van der Waals surface area (Å²) < 4.78 is 38.9. The van der Waals surface area contributed by atoms with Gasteiger partial charge in [0.15, 0.2) is 0 Å². The summed E-state index contributed by atoms with van der Waals surface area (Å²) in [6.45, 7) is 1.18. The van der Waals surface area contributed by atoms with Crippen molar-refractivity contribution in [3.8, 4) is 0 Å². The molecule has 11 heteroatoms. The molecule has 0 saturated heterocycles. The second kappa shape index (κ2) is 8.16. The highest BCUT2D eigenvalue weighted by atomic mass is 32.1. The van der Waals surface area contributed by atoms with Crippen LogP contribution in [0.15, 0.2) is 35.7 Å². The lowest BCUT2D eigenvalue weighted by atomic mass is 10.1. The summed E-state index contributed by atoms with van der Waals surface area (Å²) in [6.07, 6.45) is -4.64. The molecular weight excluding hydrogens is 387 g/mol. The number of nitrogens with one attached hydrogen (secondary N) is 1. The Hall–Kier alpha value is -2.95. The molecule has 0 unspecified atom stereocenters. The standard InChI is InChI=1S/C16H14F3N3O4S/c1-2-21(15(24)10-7-14(22(25)26)27-9-10)8-13(23)20-12-6-4-3-5-11(12)16(17,18)19/h3-7,9H,2,8H2,1H3,(H,20,23). The van der Waals surface area contributed by atoms with Gasteiger partial charge in [-0.05, 0) is 19.1 Å². The average molecular weight is 401 g/mol. The zero-order valence-corrected chi connectivity index (χ0v) is 14.8. The van der Waals surface area contributed by atoms with Crippen LogP contribution in [0.25, 0.3) is 0 Å². The lowest BCUT2D eigenvalue weighted by Gasteiger charge is -2.20. The Morgan fingerprint density at radius 2 is 1.96 bits per heavy atom. The highest BCUT2D eigenvalue weighted by molar-refractivity contribution is 7.13. The molecule has 1 N–H and O–H groups in total. The molecule has 144 valence electrons. The highest BCUT2D eigenvalue weighted by Crippen LogP contribution is 2.34. The van der Waals surface area contributed by atoms with Gasteiger partial charge in [-0.3, -0.25) is 19.7 Å². The number of amides is 2. The van der Waals surface area contributed by atoms with Crippen molar-refractivity contribution in [2.75, 3.05) is 18.4 Å². The van der Waals surface area contributed by atoms with E-state index in [1.165, 1.54) is 17.5 Å². The normalized spacial score (nSPS) is 11.1. The summed E-state index contributed by atoms with van der Waals surface area (Å²) in [5, 5.41) is 13.9. The molecule has 27 heavy (non-hydrogen) atoms. The van der Waals surface area contributed by atoms with E-state index in [0.29, 0.717) is 0 Å². The predicted molar refractivity (Wildman–Crippen MR) is 92.6 cm³/mol. The van der Waals surface area contributed by atoms with E-state index in [-0.39, 0.29) is 17.1 Å². The van der Waals surface area contributed by atoms with Crippen LogP contribution in [0.3, 0.4) is 0 Å². The minimum Gasteiger partial charge on any atom is -0.330 e. The fourth-order valence-electron chi connectivity index (χ4n) is 2.24. The minimum atomic E-state index is -4.64. The number of rotatable bonds is 6. The zero-order valence-electron chi connectivity index (χ0n) is 13.9. The van der Waals surface area contributed by atoms with Crippen molar-refractivity contribution in [3.63, 3.8) is 0 Å². The van der Waals surface area contributed by atoms with Gasteiger partial charge < -0.3 is 10.2 Å². The summed E-state index contributed by atoms with van der Waals surface area (Å²) in [5.74, 6) is -1.44. The first-order valence-electron chi connectivity index (χ1n) is 7.61. The Morgan fingerprint density at radius 3 is 2.52 bits per heavy atom. The molecule has 2 rings (SSSR count). The van der Waals surface area contributed by atoms with Gasteiger partial charge in [-0.25, -0.2) is 0 Å². The maximum absolute atomic E-state index is 13.0. The Morgan fingerprint density at radius 1 is 1.30 bits per heavy atom. The molecule has 0 aliphatic carbocycles. The van der Waals surface area contributed by atoms with Crippen molar-refractivity contribution in [2.45, 2.75) is 13.1 Å². The SMILES string of the molecule is CCN(CC(=O)Nc1ccccc1C(F)(F)F)C(=O)c1csc([N+](=O)[O-])c1. The van der Waals surface area contributed by atoms with Gasteiger partial charge in [0, 0.05) is 18.0 Å². The average Bonchev–Trinajstić information content (AvgIpc) is 3.09. The van der Waals surface area contributed by atoms with Crippen LogP contribution in [0, 0.1) is 10.1 Å². The van der Waals surface area contributed by atoms with Crippen molar-refractivity contribution < 1.29 is 27.7 Å². The molecular formula is C16H14F3N3O4S. The third-order valence-electron chi connectivity index (χ3n) is 3.52. The van der Waals surface area contributed by atoms with E-state index in [1.54, 1.807) is 6.92 Å². The number of anilines is 1. The van der Waals surface area contributed by atoms with Gasteiger partial charge in [0.25, 0.3) is 5.91 Å². The maximum atomic E-state index is 13.0.